The number of anilines is 1. The van der Waals surface area contributed by atoms with Crippen LogP contribution in [0.1, 0.15) is 28.4 Å². The number of carboxylic acids is 1. The van der Waals surface area contributed by atoms with Crippen molar-refractivity contribution in [1.29, 1.82) is 0 Å². The molecule has 2 aromatic carbocycles. The summed E-state index contributed by atoms with van der Waals surface area (Å²) in [4.78, 5) is 25.4. The van der Waals surface area contributed by atoms with Gasteiger partial charge in [-0.1, -0.05) is 24.3 Å². The van der Waals surface area contributed by atoms with Gasteiger partial charge < -0.3 is 19.9 Å². The number of ether oxygens (including phenoxy) is 2. The molecule has 2 aromatic rings. The number of methoxy groups -OCH3 is 1. The van der Waals surface area contributed by atoms with Gasteiger partial charge in [-0.2, -0.15) is 0 Å². The highest BCUT2D eigenvalue weighted by Crippen LogP contribution is 2.31. The van der Waals surface area contributed by atoms with Crippen LogP contribution in [-0.2, 0) is 9.53 Å². The summed E-state index contributed by atoms with van der Waals surface area (Å²) in [5.74, 6) is -0.455. The second kappa shape index (κ2) is 9.34. The van der Waals surface area contributed by atoms with E-state index in [-0.39, 0.29) is 18.4 Å². The summed E-state index contributed by atoms with van der Waals surface area (Å²) in [6.07, 6.45) is -0.133. The van der Waals surface area contributed by atoms with Crippen molar-refractivity contribution in [2.24, 2.45) is 0 Å². The fourth-order valence-corrected chi connectivity index (χ4v) is 3.19. The molecule has 0 radical (unpaired) electrons. The molecular formula is C21H24N2O5. The summed E-state index contributed by atoms with van der Waals surface area (Å²) in [6, 6.07) is 14.5. The monoisotopic (exact) mass is 384 g/mol. The minimum Gasteiger partial charge on any atom is -0.496 e. The molecule has 0 bridgehead atoms. The lowest BCUT2D eigenvalue weighted by molar-refractivity contribution is -0.137. The van der Waals surface area contributed by atoms with Gasteiger partial charge in [-0.15, -0.1) is 0 Å². The highest BCUT2D eigenvalue weighted by molar-refractivity contribution is 6.04. The van der Waals surface area contributed by atoms with Gasteiger partial charge in [0.05, 0.1) is 26.2 Å². The number of hydrogen-bond acceptors (Lipinski definition) is 5. The average Bonchev–Trinajstić information content (AvgIpc) is 2.72. The molecule has 0 aromatic heterocycles. The summed E-state index contributed by atoms with van der Waals surface area (Å²) in [7, 11) is 1.56. The third-order valence-corrected chi connectivity index (χ3v) is 4.67. The van der Waals surface area contributed by atoms with Gasteiger partial charge in [0.25, 0.3) is 5.91 Å². The number of benzene rings is 2. The van der Waals surface area contributed by atoms with Crippen LogP contribution in [0.5, 0.6) is 5.75 Å². The van der Waals surface area contributed by atoms with Gasteiger partial charge in [-0.3, -0.25) is 14.5 Å². The van der Waals surface area contributed by atoms with Crippen LogP contribution >= 0.6 is 0 Å². The average molecular weight is 384 g/mol. The standard InChI is InChI=1S/C21H24N2O5/c1-27-18-13-15(21(26)22-16-5-3-2-4-6-16)7-8-17(18)19-14-23(11-12-28-19)10-9-20(24)25/h2-8,13,19H,9-12,14H2,1H3,(H,22,26)(H,24,25). The zero-order valence-electron chi connectivity index (χ0n) is 15.8. The number of morpholine rings is 1. The molecule has 2 N–H and O–H groups in total. The summed E-state index contributed by atoms with van der Waals surface area (Å²) in [6.45, 7) is 2.28. The normalized spacial score (nSPS) is 17.1. The van der Waals surface area contributed by atoms with E-state index in [1.807, 2.05) is 36.4 Å². The van der Waals surface area contributed by atoms with Crippen LogP contribution in [0.25, 0.3) is 0 Å². The number of nitrogens with zero attached hydrogens (tertiary/aromatic N) is 1. The van der Waals surface area contributed by atoms with Crippen molar-refractivity contribution in [3.05, 3.63) is 59.7 Å². The van der Waals surface area contributed by atoms with E-state index in [0.29, 0.717) is 37.6 Å². The maximum atomic E-state index is 12.5. The van der Waals surface area contributed by atoms with E-state index in [1.54, 1.807) is 19.2 Å². The number of aliphatic carboxylic acids is 1. The summed E-state index contributed by atoms with van der Waals surface area (Å²) < 4.78 is 11.4. The molecule has 0 saturated carbocycles. The maximum Gasteiger partial charge on any atom is 0.304 e. The van der Waals surface area contributed by atoms with Gasteiger partial charge in [0.15, 0.2) is 0 Å². The predicted molar refractivity (Wildman–Crippen MR) is 105 cm³/mol. The molecule has 1 amide bonds. The number of carbonyl (C=O) groups is 2. The number of amides is 1. The van der Waals surface area contributed by atoms with Crippen LogP contribution < -0.4 is 10.1 Å². The molecule has 3 rings (SSSR count). The first-order valence-corrected chi connectivity index (χ1v) is 9.17. The highest BCUT2D eigenvalue weighted by Gasteiger charge is 2.25. The fraction of sp³-hybridized carbons (Fsp3) is 0.333. The highest BCUT2D eigenvalue weighted by atomic mass is 16.5. The van der Waals surface area contributed by atoms with Crippen molar-refractivity contribution in [2.75, 3.05) is 38.7 Å². The van der Waals surface area contributed by atoms with Gasteiger partial charge in [0.2, 0.25) is 0 Å². The quantitative estimate of drug-likeness (QED) is 0.763. The first-order valence-electron chi connectivity index (χ1n) is 9.17. The lowest BCUT2D eigenvalue weighted by Gasteiger charge is -2.33. The van der Waals surface area contributed by atoms with E-state index in [9.17, 15) is 9.59 Å². The zero-order chi connectivity index (χ0) is 19.9. The Morgan fingerprint density at radius 3 is 2.75 bits per heavy atom. The molecule has 0 spiro atoms. The van der Waals surface area contributed by atoms with Crippen molar-refractivity contribution >= 4 is 17.6 Å². The Balaban J connectivity index is 1.72. The third kappa shape index (κ3) is 5.09. The van der Waals surface area contributed by atoms with Crippen molar-refractivity contribution < 1.29 is 24.2 Å². The lowest BCUT2D eigenvalue weighted by atomic mass is 10.0. The van der Waals surface area contributed by atoms with E-state index in [4.69, 9.17) is 14.6 Å². The van der Waals surface area contributed by atoms with E-state index >= 15 is 0 Å². The van der Waals surface area contributed by atoms with E-state index < -0.39 is 5.97 Å². The van der Waals surface area contributed by atoms with E-state index in [1.165, 1.54) is 0 Å². The largest absolute Gasteiger partial charge is 0.496 e. The van der Waals surface area contributed by atoms with Gasteiger partial charge in [0, 0.05) is 36.4 Å². The Morgan fingerprint density at radius 1 is 1.25 bits per heavy atom. The third-order valence-electron chi connectivity index (χ3n) is 4.67. The number of para-hydroxylation sites is 1. The van der Waals surface area contributed by atoms with Crippen LogP contribution in [0.15, 0.2) is 48.5 Å². The molecule has 1 heterocycles. The number of hydrogen-bond donors (Lipinski definition) is 2. The van der Waals surface area contributed by atoms with Gasteiger partial charge in [-0.05, 0) is 24.3 Å². The van der Waals surface area contributed by atoms with E-state index in [0.717, 1.165) is 11.3 Å². The second-order valence-corrected chi connectivity index (χ2v) is 6.58. The minimum absolute atomic E-state index is 0.0997. The van der Waals surface area contributed by atoms with Gasteiger partial charge in [0.1, 0.15) is 5.75 Å². The van der Waals surface area contributed by atoms with Gasteiger partial charge >= 0.3 is 5.97 Å². The first-order chi connectivity index (χ1) is 13.6. The van der Waals surface area contributed by atoms with Crippen molar-refractivity contribution in [3.63, 3.8) is 0 Å². The molecule has 148 valence electrons. The smallest absolute Gasteiger partial charge is 0.304 e. The van der Waals surface area contributed by atoms with Crippen LogP contribution in [-0.4, -0.2) is 55.2 Å². The Morgan fingerprint density at radius 2 is 2.04 bits per heavy atom. The van der Waals surface area contributed by atoms with Gasteiger partial charge in [-0.25, -0.2) is 0 Å². The molecule has 1 aliphatic rings. The van der Waals surface area contributed by atoms with Crippen molar-refractivity contribution in [3.8, 4) is 5.75 Å². The molecule has 28 heavy (non-hydrogen) atoms. The van der Waals surface area contributed by atoms with Crippen LogP contribution in [0.3, 0.4) is 0 Å². The molecule has 7 nitrogen and oxygen atoms in total. The molecule has 1 unspecified atom stereocenters. The Hall–Kier alpha value is -2.90. The molecule has 1 fully saturated rings. The van der Waals surface area contributed by atoms with Crippen molar-refractivity contribution in [2.45, 2.75) is 12.5 Å². The first kappa shape index (κ1) is 19.9. The van der Waals surface area contributed by atoms with Crippen LogP contribution in [0.4, 0.5) is 5.69 Å². The molecule has 1 saturated heterocycles. The Kier molecular flexibility index (Phi) is 6.62. The second-order valence-electron chi connectivity index (χ2n) is 6.58. The minimum atomic E-state index is -0.811. The number of carbonyl (C=O) groups excluding carboxylic acids is 1. The molecular weight excluding hydrogens is 360 g/mol. The summed E-state index contributed by atoms with van der Waals surface area (Å²) >= 11 is 0. The molecule has 1 atom stereocenters. The van der Waals surface area contributed by atoms with Crippen LogP contribution in [0, 0.1) is 0 Å². The topological polar surface area (TPSA) is 88.1 Å². The van der Waals surface area contributed by atoms with Crippen molar-refractivity contribution in [1.82, 2.24) is 4.90 Å². The molecule has 7 heteroatoms. The summed E-state index contributed by atoms with van der Waals surface area (Å²) in [5.41, 5.74) is 2.06. The zero-order valence-corrected chi connectivity index (χ0v) is 15.8. The summed E-state index contributed by atoms with van der Waals surface area (Å²) in [5, 5.41) is 11.7. The number of carboxylic acid groups (broad SMARTS) is 1. The molecule has 0 aliphatic carbocycles. The predicted octanol–water partition coefficient (Wildman–Crippen LogP) is 2.80. The lowest BCUT2D eigenvalue weighted by Crippen LogP contribution is -2.39. The maximum absolute atomic E-state index is 12.5. The number of nitrogens with one attached hydrogen (secondary N) is 1. The van der Waals surface area contributed by atoms with E-state index in [2.05, 4.69) is 10.2 Å². The number of rotatable bonds is 7. The fourth-order valence-electron chi connectivity index (χ4n) is 3.19. The molecule has 1 aliphatic heterocycles. The van der Waals surface area contributed by atoms with Crippen LogP contribution in [0.2, 0.25) is 0 Å². The Bertz CT molecular complexity index is 825. The SMILES string of the molecule is COc1cc(C(=O)Nc2ccccc2)ccc1C1CN(CCC(=O)O)CCO1. The Labute approximate surface area is 163 Å².